The minimum absolute atomic E-state index is 0.279. The van der Waals surface area contributed by atoms with Crippen LogP contribution in [0.25, 0.3) is 0 Å². The van der Waals surface area contributed by atoms with Gasteiger partial charge in [-0.15, -0.1) is 0 Å². The van der Waals surface area contributed by atoms with Crippen LogP contribution in [0, 0.1) is 10.6 Å². The summed E-state index contributed by atoms with van der Waals surface area (Å²) in [5.41, 5.74) is 5.03. The van der Waals surface area contributed by atoms with E-state index in [-0.39, 0.29) is 12.4 Å². The van der Waals surface area contributed by atoms with Crippen LogP contribution >= 0.6 is 28.1 Å². The lowest BCUT2D eigenvalue weighted by molar-refractivity contribution is 0.281. The van der Waals surface area contributed by atoms with Crippen molar-refractivity contribution in [1.29, 1.82) is 0 Å². The smallest absolute Gasteiger partial charge is 0.214 e. The summed E-state index contributed by atoms with van der Waals surface area (Å²) in [6.07, 6.45) is 1.75. The van der Waals surface area contributed by atoms with E-state index < -0.39 is 0 Å². The predicted molar refractivity (Wildman–Crippen MR) is 116 cm³/mol. The van der Waals surface area contributed by atoms with Crippen LogP contribution in [0.3, 0.4) is 0 Å². The Morgan fingerprint density at radius 3 is 2.69 bits per heavy atom. The van der Waals surface area contributed by atoms with Gasteiger partial charge in [-0.05, 0) is 48.5 Å². The van der Waals surface area contributed by atoms with E-state index in [9.17, 15) is 4.39 Å². The highest BCUT2D eigenvalue weighted by Crippen LogP contribution is 2.37. The first-order valence-electron chi connectivity index (χ1n) is 9.16. The number of nitrogens with zero attached hydrogens (tertiary/aromatic N) is 2. The van der Waals surface area contributed by atoms with Crippen molar-refractivity contribution in [2.24, 2.45) is 0 Å². The molecule has 2 N–H and O–H groups in total. The summed E-state index contributed by atoms with van der Waals surface area (Å²) in [7, 11) is 1.59. The monoisotopic (exact) mass is 480 g/mol. The van der Waals surface area contributed by atoms with Gasteiger partial charge in [-0.3, -0.25) is 5.10 Å². The summed E-state index contributed by atoms with van der Waals surface area (Å²) in [6, 6.07) is 9.95. The summed E-state index contributed by atoms with van der Waals surface area (Å²) in [5.74, 6) is 1.77. The topological polar surface area (TPSA) is 64.1 Å². The van der Waals surface area contributed by atoms with Gasteiger partial charge in [0, 0.05) is 16.5 Å². The molecule has 0 spiro atoms. The molecule has 3 rings (SSSR count). The molecule has 0 saturated carbocycles. The van der Waals surface area contributed by atoms with E-state index in [0.717, 1.165) is 34.3 Å². The first-order valence-corrected chi connectivity index (χ1v) is 10.4. The summed E-state index contributed by atoms with van der Waals surface area (Å²) in [5, 5.41) is 7.08. The highest BCUT2D eigenvalue weighted by molar-refractivity contribution is 9.10. The van der Waals surface area contributed by atoms with Gasteiger partial charge in [0.05, 0.1) is 13.7 Å². The second kappa shape index (κ2) is 9.89. The minimum Gasteiger partial charge on any atom is -0.493 e. The lowest BCUT2D eigenvalue weighted by Gasteiger charge is -2.18. The zero-order valence-corrected chi connectivity index (χ0v) is 18.6. The van der Waals surface area contributed by atoms with Gasteiger partial charge in [-0.1, -0.05) is 35.0 Å². The molecule has 0 aliphatic heterocycles. The first-order chi connectivity index (χ1) is 14.0. The van der Waals surface area contributed by atoms with Crippen molar-refractivity contribution in [3.05, 3.63) is 68.4 Å². The maximum Gasteiger partial charge on any atom is 0.214 e. The summed E-state index contributed by atoms with van der Waals surface area (Å²) < 4.78 is 27.8. The maximum absolute atomic E-state index is 13.1. The molecule has 0 aliphatic carbocycles. The Bertz CT molecular complexity index is 1020. The van der Waals surface area contributed by atoms with Crippen molar-refractivity contribution in [3.63, 3.8) is 0 Å². The number of aromatic amines is 1. The van der Waals surface area contributed by atoms with Crippen molar-refractivity contribution in [1.82, 2.24) is 14.9 Å². The number of ether oxygens (including phenoxy) is 2. The number of benzene rings is 2. The molecular weight excluding hydrogens is 459 g/mol. The molecule has 0 saturated heterocycles. The number of aromatic nitrogens is 3. The van der Waals surface area contributed by atoms with Crippen LogP contribution in [-0.4, -0.2) is 22.0 Å². The molecule has 0 aliphatic rings. The number of H-pyrrole nitrogens is 1. The minimum atomic E-state index is -0.279. The van der Waals surface area contributed by atoms with E-state index in [0.29, 0.717) is 22.8 Å². The fraction of sp³-hybridized carbons (Fsp3) is 0.300. The van der Waals surface area contributed by atoms with Gasteiger partial charge in [0.25, 0.3) is 0 Å². The number of hydrogen-bond acceptors (Lipinski definition) is 5. The summed E-state index contributed by atoms with van der Waals surface area (Å²) in [6.45, 7) is 2.80. The van der Waals surface area contributed by atoms with Crippen LogP contribution in [-0.2, 0) is 19.6 Å². The van der Waals surface area contributed by atoms with Crippen molar-refractivity contribution in [2.45, 2.75) is 32.9 Å². The Morgan fingerprint density at radius 1 is 1.24 bits per heavy atom. The Morgan fingerprint density at radius 2 is 2.00 bits per heavy atom. The molecule has 29 heavy (non-hydrogen) atoms. The lowest BCUT2D eigenvalue weighted by Crippen LogP contribution is -2.18. The van der Waals surface area contributed by atoms with Gasteiger partial charge in [-0.25, -0.2) is 9.07 Å². The van der Waals surface area contributed by atoms with Gasteiger partial charge >= 0.3 is 0 Å². The number of aryl methyl sites for hydroxylation is 1. The lowest BCUT2D eigenvalue weighted by atomic mass is 10.1. The van der Waals surface area contributed by atoms with Gasteiger partial charge in [-0.2, -0.15) is 5.10 Å². The number of halogens is 2. The molecule has 154 valence electrons. The zero-order chi connectivity index (χ0) is 20.8. The quantitative estimate of drug-likeness (QED) is 0.415. The Kier molecular flexibility index (Phi) is 7.27. The Labute approximate surface area is 182 Å². The van der Waals surface area contributed by atoms with Crippen LogP contribution in [0.15, 0.2) is 40.9 Å². The molecule has 3 aromatic rings. The van der Waals surface area contributed by atoms with Crippen molar-refractivity contribution >= 4 is 28.1 Å². The Hall–Kier alpha value is -2.39. The van der Waals surface area contributed by atoms with Gasteiger partial charge < -0.3 is 14.9 Å². The van der Waals surface area contributed by atoms with Crippen LogP contribution in [0.4, 0.5) is 4.39 Å². The van der Waals surface area contributed by atoms with E-state index in [1.807, 2.05) is 12.1 Å². The number of methoxy groups -OCH3 is 1. The summed E-state index contributed by atoms with van der Waals surface area (Å²) in [4.78, 5) is 0. The van der Waals surface area contributed by atoms with Crippen LogP contribution in [0.2, 0.25) is 0 Å². The van der Waals surface area contributed by atoms with Crippen molar-refractivity contribution in [2.75, 3.05) is 12.5 Å². The SMILES string of the molecule is CCCc1n[nH]c(=S)n1NCc1c(Br)ccc(OC)c1OCc1ccc(F)cc1. The van der Waals surface area contributed by atoms with Gasteiger partial charge in [0.2, 0.25) is 4.77 Å². The third kappa shape index (κ3) is 5.16. The molecule has 9 heteroatoms. The van der Waals surface area contributed by atoms with E-state index in [2.05, 4.69) is 38.5 Å². The van der Waals surface area contributed by atoms with Crippen LogP contribution in [0.1, 0.15) is 30.3 Å². The van der Waals surface area contributed by atoms with E-state index in [1.54, 1.807) is 23.9 Å². The van der Waals surface area contributed by atoms with E-state index in [4.69, 9.17) is 21.7 Å². The molecule has 2 aromatic carbocycles. The highest BCUT2D eigenvalue weighted by atomic mass is 79.9. The molecule has 0 amide bonds. The zero-order valence-electron chi connectivity index (χ0n) is 16.2. The number of rotatable bonds is 9. The molecular formula is C20H22BrFN4O2S. The number of hydrogen-bond donors (Lipinski definition) is 2. The Balaban J connectivity index is 1.85. The average molecular weight is 481 g/mol. The molecule has 0 fully saturated rings. The highest BCUT2D eigenvalue weighted by Gasteiger charge is 2.16. The second-order valence-electron chi connectivity index (χ2n) is 6.34. The largest absolute Gasteiger partial charge is 0.493 e. The normalized spacial score (nSPS) is 10.8. The second-order valence-corrected chi connectivity index (χ2v) is 7.58. The third-order valence-corrected chi connectivity index (χ3v) is 5.33. The molecule has 6 nitrogen and oxygen atoms in total. The molecule has 1 aromatic heterocycles. The average Bonchev–Trinajstić information content (AvgIpc) is 3.06. The molecule has 0 bridgehead atoms. The van der Waals surface area contributed by atoms with Crippen molar-refractivity contribution in [3.8, 4) is 11.5 Å². The predicted octanol–water partition coefficient (Wildman–Crippen LogP) is 5.13. The molecule has 0 radical (unpaired) electrons. The maximum atomic E-state index is 13.1. The van der Waals surface area contributed by atoms with E-state index in [1.165, 1.54) is 12.1 Å². The van der Waals surface area contributed by atoms with Crippen molar-refractivity contribution < 1.29 is 13.9 Å². The molecule has 1 heterocycles. The number of nitrogens with one attached hydrogen (secondary N) is 2. The van der Waals surface area contributed by atoms with E-state index >= 15 is 0 Å². The van der Waals surface area contributed by atoms with Crippen LogP contribution < -0.4 is 14.9 Å². The standard InChI is InChI=1S/C20H22BrFN4O2S/c1-3-4-18-24-25-20(29)26(18)23-11-15-16(21)9-10-17(27-2)19(15)28-12-13-5-7-14(22)8-6-13/h5-10,23H,3-4,11-12H2,1-2H3,(H,25,29). The fourth-order valence-corrected chi connectivity index (χ4v) is 3.51. The summed E-state index contributed by atoms with van der Waals surface area (Å²) >= 11 is 8.92. The fourth-order valence-electron chi connectivity index (χ4n) is 2.84. The first kappa shape index (κ1) is 21.3. The van der Waals surface area contributed by atoms with Crippen LogP contribution in [0.5, 0.6) is 11.5 Å². The van der Waals surface area contributed by atoms with Gasteiger partial charge in [0.15, 0.2) is 17.3 Å². The molecule has 0 unspecified atom stereocenters. The molecule has 0 atom stereocenters. The van der Waals surface area contributed by atoms with Gasteiger partial charge in [0.1, 0.15) is 12.4 Å². The third-order valence-electron chi connectivity index (χ3n) is 4.31.